The van der Waals surface area contributed by atoms with E-state index in [1.165, 1.54) is 10.9 Å². The maximum absolute atomic E-state index is 6.32. The summed E-state index contributed by atoms with van der Waals surface area (Å²) in [6.45, 7) is 4.43. The Bertz CT molecular complexity index is 511. The van der Waals surface area contributed by atoms with Crippen LogP contribution < -0.4 is 5.73 Å². The molecule has 18 heavy (non-hydrogen) atoms. The van der Waals surface area contributed by atoms with Crippen molar-refractivity contribution in [1.82, 2.24) is 9.78 Å². The van der Waals surface area contributed by atoms with Gasteiger partial charge in [-0.1, -0.05) is 44.9 Å². The van der Waals surface area contributed by atoms with E-state index < -0.39 is 0 Å². The van der Waals surface area contributed by atoms with Crippen LogP contribution >= 0.6 is 0 Å². The van der Waals surface area contributed by atoms with Gasteiger partial charge in [0.15, 0.2) is 0 Å². The van der Waals surface area contributed by atoms with E-state index in [9.17, 15) is 0 Å². The second-order valence-electron chi connectivity index (χ2n) is 5.03. The molecule has 1 aromatic carbocycles. The SMILES string of the molecule is CCC(CC)C(N)Cc1nn(C)c2ccccc12. The van der Waals surface area contributed by atoms with Crippen molar-refractivity contribution < 1.29 is 0 Å². The van der Waals surface area contributed by atoms with Crippen LogP contribution in [0.5, 0.6) is 0 Å². The summed E-state index contributed by atoms with van der Waals surface area (Å²) in [6.07, 6.45) is 3.15. The van der Waals surface area contributed by atoms with Gasteiger partial charge in [-0.3, -0.25) is 4.68 Å². The van der Waals surface area contributed by atoms with Gasteiger partial charge in [0.05, 0.1) is 11.2 Å². The van der Waals surface area contributed by atoms with Crippen LogP contribution in [0.4, 0.5) is 0 Å². The third-order valence-corrected chi connectivity index (χ3v) is 3.92. The highest BCUT2D eigenvalue weighted by molar-refractivity contribution is 5.81. The van der Waals surface area contributed by atoms with Crippen LogP contribution in [-0.2, 0) is 13.5 Å². The second kappa shape index (κ2) is 5.53. The van der Waals surface area contributed by atoms with E-state index >= 15 is 0 Å². The van der Waals surface area contributed by atoms with E-state index in [1.807, 2.05) is 11.7 Å². The van der Waals surface area contributed by atoms with Crippen LogP contribution in [0.25, 0.3) is 10.9 Å². The molecule has 3 nitrogen and oxygen atoms in total. The summed E-state index contributed by atoms with van der Waals surface area (Å²) in [5, 5.41) is 5.85. The van der Waals surface area contributed by atoms with Gasteiger partial charge in [-0.25, -0.2) is 0 Å². The number of benzene rings is 1. The quantitative estimate of drug-likeness (QED) is 0.880. The molecule has 98 valence electrons. The first-order valence-corrected chi connectivity index (χ1v) is 6.83. The highest BCUT2D eigenvalue weighted by Crippen LogP contribution is 2.21. The van der Waals surface area contributed by atoms with Crippen LogP contribution in [0.2, 0.25) is 0 Å². The van der Waals surface area contributed by atoms with Crippen molar-refractivity contribution in [3.8, 4) is 0 Å². The maximum atomic E-state index is 6.32. The minimum absolute atomic E-state index is 0.207. The Morgan fingerprint density at radius 1 is 1.22 bits per heavy atom. The number of nitrogens with zero attached hydrogens (tertiary/aromatic N) is 2. The molecule has 1 unspecified atom stereocenters. The van der Waals surface area contributed by atoms with Gasteiger partial charge in [0.1, 0.15) is 0 Å². The molecule has 2 N–H and O–H groups in total. The first kappa shape index (κ1) is 13.1. The number of aromatic nitrogens is 2. The zero-order chi connectivity index (χ0) is 13.1. The van der Waals surface area contributed by atoms with Gasteiger partial charge in [-0.15, -0.1) is 0 Å². The standard InChI is InChI=1S/C15H23N3/c1-4-11(5-2)13(16)10-14-12-8-6-7-9-15(12)18(3)17-14/h6-9,11,13H,4-5,10,16H2,1-3H3. The zero-order valence-electron chi connectivity index (χ0n) is 11.6. The smallest absolute Gasteiger partial charge is 0.0718 e. The van der Waals surface area contributed by atoms with Gasteiger partial charge in [0, 0.05) is 24.9 Å². The van der Waals surface area contributed by atoms with Gasteiger partial charge in [-0.05, 0) is 12.0 Å². The molecule has 3 heteroatoms. The summed E-state index contributed by atoms with van der Waals surface area (Å²) in [6, 6.07) is 8.56. The van der Waals surface area contributed by atoms with Crippen molar-refractivity contribution >= 4 is 10.9 Å². The molecule has 0 aliphatic carbocycles. The van der Waals surface area contributed by atoms with Crippen LogP contribution in [0.3, 0.4) is 0 Å². The predicted octanol–water partition coefficient (Wildman–Crippen LogP) is 2.88. The lowest BCUT2D eigenvalue weighted by atomic mass is 9.91. The topological polar surface area (TPSA) is 43.8 Å². The summed E-state index contributed by atoms with van der Waals surface area (Å²) in [5.41, 5.74) is 8.64. The molecule has 0 saturated heterocycles. The number of para-hydroxylation sites is 1. The van der Waals surface area contributed by atoms with Gasteiger partial charge < -0.3 is 5.73 Å². The molecule has 0 fully saturated rings. The number of hydrogen-bond acceptors (Lipinski definition) is 2. The number of nitrogens with two attached hydrogens (primary N) is 1. The fraction of sp³-hybridized carbons (Fsp3) is 0.533. The molecule has 2 rings (SSSR count). The summed E-state index contributed by atoms with van der Waals surface area (Å²) < 4.78 is 1.95. The average Bonchev–Trinajstić information content (AvgIpc) is 2.69. The molecule has 1 heterocycles. The first-order valence-electron chi connectivity index (χ1n) is 6.83. The van der Waals surface area contributed by atoms with Crippen molar-refractivity contribution in [2.45, 2.75) is 39.2 Å². The Balaban J connectivity index is 2.27. The number of aryl methyl sites for hydroxylation is 1. The Kier molecular flexibility index (Phi) is 4.02. The minimum atomic E-state index is 0.207. The maximum Gasteiger partial charge on any atom is 0.0718 e. The van der Waals surface area contributed by atoms with Gasteiger partial charge in [-0.2, -0.15) is 5.10 Å². The minimum Gasteiger partial charge on any atom is -0.327 e. The predicted molar refractivity (Wildman–Crippen MR) is 76.5 cm³/mol. The van der Waals surface area contributed by atoms with E-state index in [-0.39, 0.29) is 6.04 Å². The molecule has 0 bridgehead atoms. The average molecular weight is 245 g/mol. The van der Waals surface area contributed by atoms with Crippen molar-refractivity contribution in [3.63, 3.8) is 0 Å². The monoisotopic (exact) mass is 245 g/mol. The highest BCUT2D eigenvalue weighted by Gasteiger charge is 2.17. The molecule has 1 aromatic heterocycles. The van der Waals surface area contributed by atoms with E-state index in [0.29, 0.717) is 5.92 Å². The summed E-state index contributed by atoms with van der Waals surface area (Å²) in [5.74, 6) is 0.589. The lowest BCUT2D eigenvalue weighted by Gasteiger charge is -2.20. The Labute approximate surface area is 109 Å². The number of rotatable bonds is 5. The third-order valence-electron chi connectivity index (χ3n) is 3.92. The van der Waals surface area contributed by atoms with Crippen LogP contribution in [0, 0.1) is 5.92 Å². The normalized spacial score (nSPS) is 13.4. The molecular weight excluding hydrogens is 222 g/mol. The van der Waals surface area contributed by atoms with Gasteiger partial charge >= 0.3 is 0 Å². The van der Waals surface area contributed by atoms with E-state index in [4.69, 9.17) is 5.73 Å². The summed E-state index contributed by atoms with van der Waals surface area (Å²) in [7, 11) is 1.99. The largest absolute Gasteiger partial charge is 0.327 e. The molecule has 1 atom stereocenters. The second-order valence-corrected chi connectivity index (χ2v) is 5.03. The lowest BCUT2D eigenvalue weighted by Crippen LogP contribution is -2.31. The van der Waals surface area contributed by atoms with Crippen molar-refractivity contribution in [2.24, 2.45) is 18.7 Å². The molecule has 2 aromatic rings. The third kappa shape index (κ3) is 2.41. The summed E-state index contributed by atoms with van der Waals surface area (Å²) in [4.78, 5) is 0. The molecular formula is C15H23N3. The molecule has 0 aliphatic heterocycles. The number of hydrogen-bond donors (Lipinski definition) is 1. The van der Waals surface area contributed by atoms with Crippen LogP contribution in [0.1, 0.15) is 32.4 Å². The summed E-state index contributed by atoms with van der Waals surface area (Å²) >= 11 is 0. The zero-order valence-corrected chi connectivity index (χ0v) is 11.6. The molecule has 0 spiro atoms. The van der Waals surface area contributed by atoms with E-state index in [2.05, 4.69) is 43.2 Å². The van der Waals surface area contributed by atoms with E-state index in [1.54, 1.807) is 0 Å². The van der Waals surface area contributed by atoms with Crippen molar-refractivity contribution in [1.29, 1.82) is 0 Å². The Morgan fingerprint density at radius 3 is 2.56 bits per heavy atom. The van der Waals surface area contributed by atoms with Crippen LogP contribution in [-0.4, -0.2) is 15.8 Å². The molecule has 0 amide bonds. The van der Waals surface area contributed by atoms with Crippen molar-refractivity contribution in [2.75, 3.05) is 0 Å². The Hall–Kier alpha value is -1.35. The molecule has 0 aliphatic rings. The fourth-order valence-electron chi connectivity index (χ4n) is 2.72. The van der Waals surface area contributed by atoms with Crippen molar-refractivity contribution in [3.05, 3.63) is 30.0 Å². The molecule has 0 radical (unpaired) electrons. The van der Waals surface area contributed by atoms with Crippen LogP contribution in [0.15, 0.2) is 24.3 Å². The van der Waals surface area contributed by atoms with Gasteiger partial charge in [0.25, 0.3) is 0 Å². The molecule has 0 saturated carbocycles. The lowest BCUT2D eigenvalue weighted by molar-refractivity contribution is 0.391. The van der Waals surface area contributed by atoms with E-state index in [0.717, 1.165) is 25.0 Å². The van der Waals surface area contributed by atoms with Gasteiger partial charge in [0.2, 0.25) is 0 Å². The first-order chi connectivity index (χ1) is 8.67. The highest BCUT2D eigenvalue weighted by atomic mass is 15.3. The fourth-order valence-corrected chi connectivity index (χ4v) is 2.72. The Morgan fingerprint density at radius 2 is 1.89 bits per heavy atom. The number of fused-ring (bicyclic) bond motifs is 1.